The molecular formula is C27H22N4O8S. The summed E-state index contributed by atoms with van der Waals surface area (Å²) in [4.78, 5) is 59.6. The molecule has 3 aromatic rings. The van der Waals surface area contributed by atoms with Crippen LogP contribution in [-0.2, 0) is 9.59 Å². The van der Waals surface area contributed by atoms with Crippen LogP contribution < -0.4 is 10.1 Å². The molecule has 0 unspecified atom stereocenters. The number of carbonyl (C=O) groups excluding carboxylic acids is 3. The van der Waals surface area contributed by atoms with Gasteiger partial charge in [-0.15, -0.1) is 0 Å². The Kier molecular flexibility index (Phi) is 8.24. The average Bonchev–Trinajstić information content (AvgIpc) is 3.16. The van der Waals surface area contributed by atoms with E-state index in [1.165, 1.54) is 18.2 Å². The number of nitro groups is 2. The first-order chi connectivity index (χ1) is 19.0. The zero-order valence-electron chi connectivity index (χ0n) is 21.2. The monoisotopic (exact) mass is 562 g/mol. The SMILES string of the molecule is CC(C)c1ccc(NC(=O)CN2C(=O)S/C(=C/c3cccc(Oc4ccc([N+](=O)[O-])cc4[N+](=O)[O-])c3)C2=O)cc1. The summed E-state index contributed by atoms with van der Waals surface area (Å²) in [5, 5.41) is 24.4. The van der Waals surface area contributed by atoms with Gasteiger partial charge in [0.1, 0.15) is 12.3 Å². The number of hydrogen-bond acceptors (Lipinski definition) is 9. The van der Waals surface area contributed by atoms with Gasteiger partial charge in [-0.1, -0.05) is 38.1 Å². The van der Waals surface area contributed by atoms with Crippen LogP contribution in [0.2, 0.25) is 0 Å². The Morgan fingerprint density at radius 2 is 1.75 bits per heavy atom. The van der Waals surface area contributed by atoms with E-state index in [1.807, 2.05) is 12.1 Å². The summed E-state index contributed by atoms with van der Waals surface area (Å²) in [5.74, 6) is -0.885. The Balaban J connectivity index is 1.46. The Labute approximate surface area is 231 Å². The van der Waals surface area contributed by atoms with E-state index in [9.17, 15) is 34.6 Å². The van der Waals surface area contributed by atoms with Crippen LogP contribution in [0.3, 0.4) is 0 Å². The topological polar surface area (TPSA) is 162 Å². The average molecular weight is 563 g/mol. The molecule has 0 atom stereocenters. The van der Waals surface area contributed by atoms with Gasteiger partial charge in [0, 0.05) is 11.8 Å². The molecule has 204 valence electrons. The summed E-state index contributed by atoms with van der Waals surface area (Å²) in [6.45, 7) is 3.64. The molecular weight excluding hydrogens is 540 g/mol. The normalized spacial score (nSPS) is 14.1. The van der Waals surface area contributed by atoms with E-state index < -0.39 is 44.8 Å². The minimum absolute atomic E-state index is 0.0811. The third-order valence-electron chi connectivity index (χ3n) is 5.77. The van der Waals surface area contributed by atoms with Crippen molar-refractivity contribution in [3.05, 3.63) is 103 Å². The third kappa shape index (κ3) is 6.50. The van der Waals surface area contributed by atoms with Gasteiger partial charge >= 0.3 is 5.69 Å². The molecule has 12 nitrogen and oxygen atoms in total. The van der Waals surface area contributed by atoms with E-state index in [-0.39, 0.29) is 16.4 Å². The number of anilines is 1. The number of ether oxygens (including phenoxy) is 1. The van der Waals surface area contributed by atoms with Gasteiger partial charge < -0.3 is 10.1 Å². The fraction of sp³-hybridized carbons (Fsp3) is 0.148. The second-order valence-corrected chi connectivity index (χ2v) is 9.93. The molecule has 1 saturated heterocycles. The van der Waals surface area contributed by atoms with Crippen LogP contribution in [0.4, 0.5) is 21.9 Å². The van der Waals surface area contributed by atoms with Gasteiger partial charge in [0.2, 0.25) is 11.7 Å². The molecule has 1 fully saturated rings. The molecule has 3 amide bonds. The molecule has 0 bridgehead atoms. The lowest BCUT2D eigenvalue weighted by Crippen LogP contribution is -2.36. The summed E-state index contributed by atoms with van der Waals surface area (Å²) in [5.41, 5.74) is 1.05. The number of amides is 3. The van der Waals surface area contributed by atoms with Crippen molar-refractivity contribution in [3.63, 3.8) is 0 Å². The third-order valence-corrected chi connectivity index (χ3v) is 6.68. The highest BCUT2D eigenvalue weighted by molar-refractivity contribution is 8.18. The van der Waals surface area contributed by atoms with Gasteiger partial charge in [0.15, 0.2) is 0 Å². The molecule has 13 heteroatoms. The number of benzene rings is 3. The molecule has 0 aliphatic carbocycles. The molecule has 1 aliphatic heterocycles. The van der Waals surface area contributed by atoms with Crippen LogP contribution in [0.15, 0.2) is 71.6 Å². The smallest absolute Gasteiger partial charge is 0.318 e. The van der Waals surface area contributed by atoms with Crippen LogP contribution in [0.5, 0.6) is 11.5 Å². The second kappa shape index (κ2) is 11.8. The fourth-order valence-corrected chi connectivity index (χ4v) is 4.56. The lowest BCUT2D eigenvalue weighted by molar-refractivity contribution is -0.394. The largest absolute Gasteiger partial charge is 0.450 e. The van der Waals surface area contributed by atoms with Crippen molar-refractivity contribution in [2.75, 3.05) is 11.9 Å². The van der Waals surface area contributed by atoms with Gasteiger partial charge in [-0.3, -0.25) is 39.5 Å². The molecule has 0 radical (unpaired) electrons. The Bertz CT molecular complexity index is 1550. The van der Waals surface area contributed by atoms with Gasteiger partial charge in [0.25, 0.3) is 16.8 Å². The van der Waals surface area contributed by atoms with Gasteiger partial charge in [-0.2, -0.15) is 0 Å². The zero-order chi connectivity index (χ0) is 29.0. The van der Waals surface area contributed by atoms with Crippen LogP contribution in [0.25, 0.3) is 6.08 Å². The number of hydrogen-bond donors (Lipinski definition) is 1. The quantitative estimate of drug-likeness (QED) is 0.185. The molecule has 1 heterocycles. The maximum atomic E-state index is 12.9. The number of nitro benzene ring substituents is 2. The Morgan fingerprint density at radius 3 is 2.40 bits per heavy atom. The molecule has 3 aromatic carbocycles. The highest BCUT2D eigenvalue weighted by Crippen LogP contribution is 2.36. The first-order valence-electron chi connectivity index (χ1n) is 11.9. The van der Waals surface area contributed by atoms with Crippen LogP contribution in [-0.4, -0.2) is 38.3 Å². The fourth-order valence-electron chi connectivity index (χ4n) is 3.73. The highest BCUT2D eigenvalue weighted by Gasteiger charge is 2.36. The predicted molar refractivity (Wildman–Crippen MR) is 148 cm³/mol. The molecule has 0 aromatic heterocycles. The summed E-state index contributed by atoms with van der Waals surface area (Å²) >= 11 is 0.675. The summed E-state index contributed by atoms with van der Waals surface area (Å²) in [7, 11) is 0. The summed E-state index contributed by atoms with van der Waals surface area (Å²) in [6.07, 6.45) is 1.44. The van der Waals surface area contributed by atoms with Crippen molar-refractivity contribution < 1.29 is 29.0 Å². The van der Waals surface area contributed by atoms with E-state index in [0.717, 1.165) is 28.7 Å². The molecule has 4 rings (SSSR count). The van der Waals surface area contributed by atoms with E-state index >= 15 is 0 Å². The maximum absolute atomic E-state index is 12.9. The lowest BCUT2D eigenvalue weighted by Gasteiger charge is -2.13. The van der Waals surface area contributed by atoms with Crippen LogP contribution in [0, 0.1) is 20.2 Å². The van der Waals surface area contributed by atoms with Crippen molar-refractivity contribution >= 4 is 52.0 Å². The van der Waals surface area contributed by atoms with Gasteiger partial charge in [-0.25, -0.2) is 0 Å². The van der Waals surface area contributed by atoms with Crippen molar-refractivity contribution in [3.8, 4) is 11.5 Å². The minimum atomic E-state index is -0.793. The Hall–Kier alpha value is -5.04. The van der Waals surface area contributed by atoms with E-state index in [1.54, 1.807) is 24.3 Å². The van der Waals surface area contributed by atoms with Crippen LogP contribution in [0.1, 0.15) is 30.9 Å². The first-order valence-corrected chi connectivity index (χ1v) is 12.7. The standard InChI is InChI=1S/C27H22N4O8S/c1-16(2)18-6-8-19(9-7-18)28-25(32)15-29-26(33)24(40-27(29)34)13-17-4-3-5-21(12-17)39-23-11-10-20(30(35)36)14-22(23)31(37)38/h3-14,16H,15H2,1-2H3,(H,28,32)/b24-13+. The summed E-state index contributed by atoms with van der Waals surface area (Å²) in [6, 6.07) is 16.5. The predicted octanol–water partition coefficient (Wildman–Crippen LogP) is 6.09. The molecule has 0 saturated carbocycles. The lowest BCUT2D eigenvalue weighted by atomic mass is 10.0. The number of thioether (sulfide) groups is 1. The van der Waals surface area contributed by atoms with Crippen molar-refractivity contribution in [1.82, 2.24) is 4.90 Å². The number of carbonyl (C=O) groups is 3. The molecule has 40 heavy (non-hydrogen) atoms. The number of nitrogens with zero attached hydrogens (tertiary/aromatic N) is 3. The van der Waals surface area contributed by atoms with Crippen molar-refractivity contribution in [2.45, 2.75) is 19.8 Å². The van der Waals surface area contributed by atoms with E-state index in [4.69, 9.17) is 4.74 Å². The minimum Gasteiger partial charge on any atom is -0.450 e. The van der Waals surface area contributed by atoms with Gasteiger partial charge in [0.05, 0.1) is 20.8 Å². The van der Waals surface area contributed by atoms with E-state index in [2.05, 4.69) is 19.2 Å². The van der Waals surface area contributed by atoms with Crippen LogP contribution >= 0.6 is 11.8 Å². The number of rotatable bonds is 9. The van der Waals surface area contributed by atoms with Crippen molar-refractivity contribution in [2.24, 2.45) is 0 Å². The first kappa shape index (κ1) is 28.0. The maximum Gasteiger partial charge on any atom is 0.318 e. The summed E-state index contributed by atoms with van der Waals surface area (Å²) < 4.78 is 5.59. The molecule has 0 spiro atoms. The molecule has 1 N–H and O–H groups in total. The Morgan fingerprint density at radius 1 is 1.02 bits per heavy atom. The second-order valence-electron chi connectivity index (χ2n) is 8.93. The van der Waals surface area contributed by atoms with E-state index in [0.29, 0.717) is 28.9 Å². The van der Waals surface area contributed by atoms with Crippen molar-refractivity contribution in [1.29, 1.82) is 0 Å². The number of imide groups is 1. The highest BCUT2D eigenvalue weighted by atomic mass is 32.2. The van der Waals surface area contributed by atoms with Gasteiger partial charge in [-0.05, 0) is 65.2 Å². The number of non-ortho nitro benzene ring substituents is 1. The molecule has 1 aliphatic rings. The zero-order valence-corrected chi connectivity index (χ0v) is 22.0. The number of nitrogens with one attached hydrogen (secondary N) is 1.